The van der Waals surface area contributed by atoms with E-state index in [-0.39, 0.29) is 10.6 Å². The lowest BCUT2D eigenvalue weighted by atomic mass is 10.3. The topological polar surface area (TPSA) is 115 Å². The molecule has 122 valence electrons. The van der Waals surface area contributed by atoms with E-state index >= 15 is 0 Å². The number of amides is 1. The average Bonchev–Trinajstić information content (AvgIpc) is 2.46. The SMILES string of the molecule is CCSc1nc(C)cc(C(=O)Nc2ccc(S(N)(=O)=O)cc2)n1. The van der Waals surface area contributed by atoms with Crippen LogP contribution in [0.4, 0.5) is 5.69 Å². The molecule has 0 bridgehead atoms. The number of anilines is 1. The second-order valence-electron chi connectivity index (χ2n) is 4.63. The first-order valence-electron chi connectivity index (χ1n) is 6.72. The third kappa shape index (κ3) is 4.75. The maximum absolute atomic E-state index is 12.3. The molecule has 0 aliphatic carbocycles. The van der Waals surface area contributed by atoms with Crippen LogP contribution in [0.15, 0.2) is 40.4 Å². The number of carbonyl (C=O) groups excluding carboxylic acids is 1. The van der Waals surface area contributed by atoms with E-state index in [2.05, 4.69) is 15.3 Å². The van der Waals surface area contributed by atoms with Crippen molar-refractivity contribution in [3.05, 3.63) is 41.7 Å². The molecular formula is C14H16N4O3S2. The minimum atomic E-state index is -3.75. The lowest BCUT2D eigenvalue weighted by Gasteiger charge is -2.07. The Bertz CT molecular complexity index is 820. The van der Waals surface area contributed by atoms with Gasteiger partial charge in [0, 0.05) is 11.4 Å². The number of hydrogen-bond acceptors (Lipinski definition) is 6. The summed E-state index contributed by atoms with van der Waals surface area (Å²) in [7, 11) is -3.75. The van der Waals surface area contributed by atoms with Crippen LogP contribution >= 0.6 is 11.8 Å². The molecule has 3 N–H and O–H groups in total. The zero-order valence-electron chi connectivity index (χ0n) is 12.6. The molecule has 0 spiro atoms. The Morgan fingerprint density at radius 1 is 1.26 bits per heavy atom. The first-order valence-corrected chi connectivity index (χ1v) is 9.25. The minimum absolute atomic E-state index is 0.0185. The fourth-order valence-electron chi connectivity index (χ4n) is 1.77. The van der Waals surface area contributed by atoms with Crippen molar-refractivity contribution in [3.8, 4) is 0 Å². The molecule has 0 saturated carbocycles. The Morgan fingerprint density at radius 2 is 1.91 bits per heavy atom. The van der Waals surface area contributed by atoms with Crippen LogP contribution in [0.5, 0.6) is 0 Å². The molecule has 7 nitrogen and oxygen atoms in total. The van der Waals surface area contributed by atoms with Crippen LogP contribution in [0.3, 0.4) is 0 Å². The van der Waals surface area contributed by atoms with Crippen molar-refractivity contribution < 1.29 is 13.2 Å². The molecule has 1 heterocycles. The van der Waals surface area contributed by atoms with Crippen LogP contribution < -0.4 is 10.5 Å². The van der Waals surface area contributed by atoms with Gasteiger partial charge in [0.2, 0.25) is 10.0 Å². The summed E-state index contributed by atoms with van der Waals surface area (Å²) in [5.41, 5.74) is 1.40. The fraction of sp³-hybridized carbons (Fsp3) is 0.214. The molecule has 23 heavy (non-hydrogen) atoms. The fourth-order valence-corrected chi connectivity index (χ4v) is 2.92. The molecule has 0 radical (unpaired) electrons. The van der Waals surface area contributed by atoms with E-state index in [0.29, 0.717) is 16.5 Å². The van der Waals surface area contributed by atoms with Crippen molar-refractivity contribution in [2.24, 2.45) is 5.14 Å². The standard InChI is InChI=1S/C14H16N4O3S2/c1-3-22-14-16-9(2)8-12(18-14)13(19)17-10-4-6-11(7-5-10)23(15,20)21/h4-8H,3H2,1-2H3,(H,17,19)(H2,15,20,21). The lowest BCUT2D eigenvalue weighted by molar-refractivity contribution is 0.102. The van der Waals surface area contributed by atoms with Crippen LogP contribution in [0.25, 0.3) is 0 Å². The number of thioether (sulfide) groups is 1. The van der Waals surface area contributed by atoms with Gasteiger partial charge in [0.15, 0.2) is 5.16 Å². The molecule has 2 rings (SSSR count). The van der Waals surface area contributed by atoms with Crippen LogP contribution in [-0.2, 0) is 10.0 Å². The van der Waals surface area contributed by atoms with Crippen molar-refractivity contribution >= 4 is 33.4 Å². The predicted molar refractivity (Wildman–Crippen MR) is 88.9 cm³/mol. The molecule has 0 unspecified atom stereocenters. The number of carbonyl (C=O) groups is 1. The quantitative estimate of drug-likeness (QED) is 0.626. The number of sulfonamides is 1. The van der Waals surface area contributed by atoms with Gasteiger partial charge in [-0.1, -0.05) is 18.7 Å². The largest absolute Gasteiger partial charge is 0.321 e. The van der Waals surface area contributed by atoms with Crippen LogP contribution in [0.2, 0.25) is 0 Å². The highest BCUT2D eigenvalue weighted by Crippen LogP contribution is 2.16. The van der Waals surface area contributed by atoms with Gasteiger partial charge in [-0.3, -0.25) is 4.79 Å². The zero-order chi connectivity index (χ0) is 17.0. The second-order valence-corrected chi connectivity index (χ2v) is 7.43. The maximum atomic E-state index is 12.3. The number of primary sulfonamides is 1. The summed E-state index contributed by atoms with van der Waals surface area (Å²) < 4.78 is 22.4. The van der Waals surface area contributed by atoms with Crippen molar-refractivity contribution in [1.82, 2.24) is 9.97 Å². The molecule has 1 aromatic heterocycles. The van der Waals surface area contributed by atoms with E-state index in [4.69, 9.17) is 5.14 Å². The minimum Gasteiger partial charge on any atom is -0.321 e. The predicted octanol–water partition coefficient (Wildman–Crippen LogP) is 1.80. The second kappa shape index (κ2) is 7.07. The molecular weight excluding hydrogens is 336 g/mol. The number of nitrogens with zero attached hydrogens (tertiary/aromatic N) is 2. The third-order valence-electron chi connectivity index (χ3n) is 2.78. The Kier molecular flexibility index (Phi) is 5.34. The van der Waals surface area contributed by atoms with Crippen molar-refractivity contribution in [2.75, 3.05) is 11.1 Å². The van der Waals surface area contributed by atoms with E-state index in [1.54, 1.807) is 13.0 Å². The number of hydrogen-bond donors (Lipinski definition) is 2. The van der Waals surface area contributed by atoms with Gasteiger partial charge in [-0.15, -0.1) is 0 Å². The van der Waals surface area contributed by atoms with E-state index in [0.717, 1.165) is 5.75 Å². The molecule has 2 aromatic rings. The van der Waals surface area contributed by atoms with Crippen molar-refractivity contribution in [3.63, 3.8) is 0 Å². The summed E-state index contributed by atoms with van der Waals surface area (Å²) in [5, 5.41) is 8.23. The highest BCUT2D eigenvalue weighted by molar-refractivity contribution is 7.99. The first-order chi connectivity index (χ1) is 10.8. The molecule has 0 aliphatic rings. The van der Waals surface area contributed by atoms with Crippen molar-refractivity contribution in [1.29, 1.82) is 0 Å². The summed E-state index contributed by atoms with van der Waals surface area (Å²) in [6.07, 6.45) is 0. The van der Waals surface area contributed by atoms with Gasteiger partial charge in [0.05, 0.1) is 4.90 Å². The molecule has 1 amide bonds. The number of rotatable bonds is 5. The van der Waals surface area contributed by atoms with Crippen LogP contribution in [-0.4, -0.2) is 30.0 Å². The lowest BCUT2D eigenvalue weighted by Crippen LogP contribution is -2.15. The Morgan fingerprint density at radius 3 is 2.48 bits per heavy atom. The average molecular weight is 352 g/mol. The highest BCUT2D eigenvalue weighted by atomic mass is 32.2. The number of aromatic nitrogens is 2. The molecule has 9 heteroatoms. The molecule has 0 atom stereocenters. The summed E-state index contributed by atoms with van der Waals surface area (Å²) in [4.78, 5) is 20.7. The Balaban J connectivity index is 2.19. The molecule has 0 fully saturated rings. The zero-order valence-corrected chi connectivity index (χ0v) is 14.2. The molecule has 1 aromatic carbocycles. The molecule has 0 saturated heterocycles. The molecule has 0 aliphatic heterocycles. The smallest absolute Gasteiger partial charge is 0.274 e. The summed E-state index contributed by atoms with van der Waals surface area (Å²) in [5.74, 6) is 0.413. The van der Waals surface area contributed by atoms with Gasteiger partial charge in [0.1, 0.15) is 5.69 Å². The van der Waals surface area contributed by atoms with E-state index in [9.17, 15) is 13.2 Å². The first kappa shape index (κ1) is 17.4. The summed E-state index contributed by atoms with van der Waals surface area (Å²) >= 11 is 1.45. The number of nitrogens with one attached hydrogen (secondary N) is 1. The monoisotopic (exact) mass is 352 g/mol. The number of benzene rings is 1. The highest BCUT2D eigenvalue weighted by Gasteiger charge is 2.12. The summed E-state index contributed by atoms with van der Waals surface area (Å²) in [6.45, 7) is 3.77. The van der Waals surface area contributed by atoms with Gasteiger partial charge in [-0.2, -0.15) is 0 Å². The van der Waals surface area contributed by atoms with E-state index < -0.39 is 15.9 Å². The van der Waals surface area contributed by atoms with Crippen molar-refractivity contribution in [2.45, 2.75) is 23.9 Å². The van der Waals surface area contributed by atoms with Crippen LogP contribution in [0, 0.1) is 6.92 Å². The number of nitrogens with two attached hydrogens (primary N) is 1. The maximum Gasteiger partial charge on any atom is 0.274 e. The summed E-state index contributed by atoms with van der Waals surface area (Å²) in [6, 6.07) is 7.18. The van der Waals surface area contributed by atoms with Crippen LogP contribution in [0.1, 0.15) is 23.1 Å². The normalized spacial score (nSPS) is 11.3. The van der Waals surface area contributed by atoms with E-state index in [1.807, 2.05) is 6.92 Å². The van der Waals surface area contributed by atoms with Gasteiger partial charge >= 0.3 is 0 Å². The van der Waals surface area contributed by atoms with Gasteiger partial charge < -0.3 is 5.32 Å². The Hall–Kier alpha value is -1.97. The van der Waals surface area contributed by atoms with Gasteiger partial charge in [0.25, 0.3) is 5.91 Å². The Labute approximate surface area is 138 Å². The third-order valence-corrected chi connectivity index (χ3v) is 4.44. The number of aryl methyl sites for hydroxylation is 1. The van der Waals surface area contributed by atoms with Gasteiger partial charge in [-0.05, 0) is 43.0 Å². The van der Waals surface area contributed by atoms with E-state index in [1.165, 1.54) is 36.0 Å². The van der Waals surface area contributed by atoms with Gasteiger partial charge in [-0.25, -0.2) is 23.5 Å².